The van der Waals surface area contributed by atoms with E-state index in [0.29, 0.717) is 30.5 Å². The molecule has 0 aliphatic carbocycles. The average molecular weight is 470 g/mol. The summed E-state index contributed by atoms with van der Waals surface area (Å²) in [6.45, 7) is 12.7. The molecule has 0 bridgehead atoms. The number of rotatable bonds is 12. The largest absolute Gasteiger partial charge is 0.508 e. The molecule has 33 heavy (non-hydrogen) atoms. The zero-order valence-electron chi connectivity index (χ0n) is 20.2. The van der Waals surface area contributed by atoms with Crippen LogP contribution in [0, 0.1) is 0 Å². The highest BCUT2D eigenvalue weighted by Gasteiger charge is 2.24. The van der Waals surface area contributed by atoms with E-state index in [1.165, 1.54) is 0 Å². The molecule has 7 heteroatoms. The quantitative estimate of drug-likeness (QED) is 0.318. The molecule has 0 saturated heterocycles. The monoisotopic (exact) mass is 469 g/mol. The van der Waals surface area contributed by atoms with E-state index in [9.17, 15) is 5.11 Å². The first-order valence-electron chi connectivity index (χ1n) is 11.6. The molecule has 0 fully saturated rings. The molecule has 178 valence electrons. The van der Waals surface area contributed by atoms with Crippen molar-refractivity contribution in [2.45, 2.75) is 58.4 Å². The molecule has 3 aromatic rings. The van der Waals surface area contributed by atoms with Crippen LogP contribution in [0.15, 0.2) is 52.9 Å². The first-order valence-corrected chi connectivity index (χ1v) is 12.7. The van der Waals surface area contributed by atoms with Gasteiger partial charge in [-0.1, -0.05) is 25.1 Å². The van der Waals surface area contributed by atoms with Gasteiger partial charge < -0.3 is 14.3 Å². The van der Waals surface area contributed by atoms with E-state index in [-0.39, 0.29) is 11.0 Å². The normalized spacial score (nSPS) is 12.6. The maximum atomic E-state index is 10.3. The first kappa shape index (κ1) is 25.1. The van der Waals surface area contributed by atoms with Crippen LogP contribution >= 0.6 is 11.8 Å². The number of para-hydroxylation sites is 1. The smallest absolute Gasteiger partial charge is 0.247 e. The Hall–Kier alpha value is -2.51. The molecule has 0 aliphatic rings. The number of hydrogen-bond donors (Lipinski definition) is 1. The average Bonchev–Trinajstić information content (AvgIpc) is 3.28. The predicted octanol–water partition coefficient (Wildman–Crippen LogP) is 6.17. The number of phenolic OH excluding ortho intramolecular Hbond substituents is 1. The lowest BCUT2D eigenvalue weighted by Gasteiger charge is -2.30. The zero-order chi connectivity index (χ0) is 23.8. The van der Waals surface area contributed by atoms with Gasteiger partial charge in [-0.3, -0.25) is 4.90 Å². The van der Waals surface area contributed by atoms with Gasteiger partial charge in [0, 0.05) is 29.8 Å². The fourth-order valence-electron chi connectivity index (χ4n) is 3.87. The third-order valence-electron chi connectivity index (χ3n) is 5.47. The van der Waals surface area contributed by atoms with Gasteiger partial charge in [0.05, 0.1) is 6.61 Å². The van der Waals surface area contributed by atoms with Crippen LogP contribution in [0.2, 0.25) is 0 Å². The lowest BCUT2D eigenvalue weighted by molar-refractivity contribution is 0.160. The summed E-state index contributed by atoms with van der Waals surface area (Å²) < 4.78 is 11.9. The molecule has 1 atom stereocenters. The molecule has 0 spiro atoms. The Kier molecular flexibility index (Phi) is 9.21. The highest BCUT2D eigenvalue weighted by molar-refractivity contribution is 7.99. The van der Waals surface area contributed by atoms with E-state index in [1.807, 2.05) is 36.4 Å². The Morgan fingerprint density at radius 3 is 2.33 bits per heavy atom. The molecule has 0 aliphatic heterocycles. The highest BCUT2D eigenvalue weighted by atomic mass is 32.2. The van der Waals surface area contributed by atoms with Gasteiger partial charge in [-0.15, -0.1) is 22.0 Å². The van der Waals surface area contributed by atoms with Crippen LogP contribution in [0.25, 0.3) is 11.5 Å². The van der Waals surface area contributed by atoms with Crippen LogP contribution < -0.4 is 4.74 Å². The first-order chi connectivity index (χ1) is 15.9. The van der Waals surface area contributed by atoms with E-state index in [2.05, 4.69) is 49.7 Å². The van der Waals surface area contributed by atoms with Gasteiger partial charge in [0.2, 0.25) is 11.8 Å². The van der Waals surface area contributed by atoms with Crippen molar-refractivity contribution in [1.29, 1.82) is 0 Å². The SMILES string of the molecule is CCSC(c1nnc(-c2ccc(OCCCN(C(C)C)C(C)C)cc2)o1)c1ccccc1O. The molecule has 0 saturated carbocycles. The summed E-state index contributed by atoms with van der Waals surface area (Å²) in [4.78, 5) is 2.47. The Balaban J connectivity index is 1.62. The standard InChI is InChI=1S/C26H35N3O3S/c1-6-33-24(22-10-7-8-11-23(22)30)26-28-27-25(32-26)20-12-14-21(15-13-20)31-17-9-16-29(18(2)3)19(4)5/h7-8,10-15,18-19,24,30H,6,9,16-17H2,1-5H3. The molecule has 1 aromatic heterocycles. The second kappa shape index (κ2) is 12.1. The minimum atomic E-state index is -0.212. The van der Waals surface area contributed by atoms with Gasteiger partial charge in [0.25, 0.3) is 0 Å². The Bertz CT molecular complexity index is 980. The highest BCUT2D eigenvalue weighted by Crippen LogP contribution is 2.39. The van der Waals surface area contributed by atoms with Crippen LogP contribution in [-0.2, 0) is 0 Å². The van der Waals surface area contributed by atoms with Crippen molar-refractivity contribution in [1.82, 2.24) is 15.1 Å². The number of hydrogen-bond acceptors (Lipinski definition) is 7. The van der Waals surface area contributed by atoms with Crippen LogP contribution in [0.5, 0.6) is 11.5 Å². The van der Waals surface area contributed by atoms with Crippen molar-refractivity contribution >= 4 is 11.8 Å². The fourth-order valence-corrected chi connectivity index (χ4v) is 4.82. The number of thioether (sulfide) groups is 1. The minimum absolute atomic E-state index is 0.212. The molecule has 2 aromatic carbocycles. The summed E-state index contributed by atoms with van der Waals surface area (Å²) >= 11 is 1.64. The molecule has 1 heterocycles. The van der Waals surface area contributed by atoms with E-state index in [4.69, 9.17) is 9.15 Å². The second-order valence-electron chi connectivity index (χ2n) is 8.49. The molecule has 1 unspecified atom stereocenters. The molecule has 6 nitrogen and oxygen atoms in total. The van der Waals surface area contributed by atoms with Gasteiger partial charge in [0.15, 0.2) is 0 Å². The van der Waals surface area contributed by atoms with Gasteiger partial charge in [0.1, 0.15) is 16.7 Å². The second-order valence-corrected chi connectivity index (χ2v) is 9.87. The van der Waals surface area contributed by atoms with Crippen molar-refractivity contribution in [2.24, 2.45) is 0 Å². The summed E-state index contributed by atoms with van der Waals surface area (Å²) in [6.07, 6.45) is 0.980. The van der Waals surface area contributed by atoms with Crippen molar-refractivity contribution in [3.05, 3.63) is 60.0 Å². The molecular weight excluding hydrogens is 434 g/mol. The summed E-state index contributed by atoms with van der Waals surface area (Å²) in [6, 6.07) is 16.1. The summed E-state index contributed by atoms with van der Waals surface area (Å²) in [5, 5.41) is 18.6. The Morgan fingerprint density at radius 1 is 1.00 bits per heavy atom. The molecule has 0 amide bonds. The molecular formula is C26H35N3O3S. The van der Waals surface area contributed by atoms with Crippen LogP contribution in [0.1, 0.15) is 57.7 Å². The number of aromatic hydroxyl groups is 1. The third-order valence-corrected chi connectivity index (χ3v) is 6.60. The van der Waals surface area contributed by atoms with Gasteiger partial charge >= 0.3 is 0 Å². The van der Waals surface area contributed by atoms with Crippen molar-refractivity contribution in [3.8, 4) is 23.0 Å². The van der Waals surface area contributed by atoms with Crippen molar-refractivity contribution < 1.29 is 14.3 Å². The van der Waals surface area contributed by atoms with E-state index in [1.54, 1.807) is 23.9 Å². The summed E-state index contributed by atoms with van der Waals surface area (Å²) in [7, 11) is 0. The number of phenols is 1. The minimum Gasteiger partial charge on any atom is -0.508 e. The Morgan fingerprint density at radius 2 is 1.70 bits per heavy atom. The lowest BCUT2D eigenvalue weighted by atomic mass is 10.1. The third kappa shape index (κ3) is 6.74. The van der Waals surface area contributed by atoms with Crippen LogP contribution in [-0.4, -0.2) is 51.2 Å². The van der Waals surface area contributed by atoms with E-state index in [0.717, 1.165) is 35.6 Å². The topological polar surface area (TPSA) is 71.6 Å². The van der Waals surface area contributed by atoms with Crippen LogP contribution in [0.4, 0.5) is 0 Å². The van der Waals surface area contributed by atoms with Crippen LogP contribution in [0.3, 0.4) is 0 Å². The van der Waals surface area contributed by atoms with Crippen molar-refractivity contribution in [2.75, 3.05) is 18.9 Å². The maximum Gasteiger partial charge on any atom is 0.247 e. The number of benzene rings is 2. The lowest BCUT2D eigenvalue weighted by Crippen LogP contribution is -2.38. The number of ether oxygens (including phenoxy) is 1. The molecule has 0 radical (unpaired) electrons. The number of nitrogens with zero attached hydrogens (tertiary/aromatic N) is 3. The fraction of sp³-hybridized carbons (Fsp3) is 0.462. The zero-order valence-corrected chi connectivity index (χ0v) is 21.0. The Labute approximate surface area is 201 Å². The maximum absolute atomic E-state index is 10.3. The van der Waals surface area contributed by atoms with Gasteiger partial charge in [-0.2, -0.15) is 0 Å². The van der Waals surface area contributed by atoms with Crippen molar-refractivity contribution in [3.63, 3.8) is 0 Å². The van der Waals surface area contributed by atoms with Gasteiger partial charge in [-0.25, -0.2) is 0 Å². The van der Waals surface area contributed by atoms with E-state index >= 15 is 0 Å². The number of aromatic nitrogens is 2. The molecule has 3 rings (SSSR count). The summed E-state index contributed by atoms with van der Waals surface area (Å²) in [5.74, 6) is 2.86. The molecule has 1 N–H and O–H groups in total. The predicted molar refractivity (Wildman–Crippen MR) is 135 cm³/mol. The van der Waals surface area contributed by atoms with E-state index < -0.39 is 0 Å². The summed E-state index contributed by atoms with van der Waals surface area (Å²) in [5.41, 5.74) is 1.61. The van der Waals surface area contributed by atoms with Gasteiger partial charge in [-0.05, 0) is 70.2 Å².